The second kappa shape index (κ2) is 5.40. The molecule has 0 atom stereocenters. The van der Waals surface area contributed by atoms with E-state index in [-0.39, 0.29) is 18.5 Å². The van der Waals surface area contributed by atoms with Crippen molar-refractivity contribution in [2.75, 3.05) is 0 Å². The van der Waals surface area contributed by atoms with Gasteiger partial charge in [-0.15, -0.1) is 0 Å². The van der Waals surface area contributed by atoms with Crippen molar-refractivity contribution in [1.29, 1.82) is 0 Å². The summed E-state index contributed by atoms with van der Waals surface area (Å²) in [7, 11) is 0. The minimum atomic E-state index is -0.727. The minimum Gasteiger partial charge on any atom is -0.323 e. The van der Waals surface area contributed by atoms with Gasteiger partial charge >= 0.3 is 6.03 Å². The summed E-state index contributed by atoms with van der Waals surface area (Å²) >= 11 is 3.17. The Balaban J connectivity index is 1.84. The molecule has 1 aromatic rings. The third-order valence-electron chi connectivity index (χ3n) is 4.31. The molecule has 1 aliphatic carbocycles. The number of amides is 3. The van der Waals surface area contributed by atoms with Gasteiger partial charge < -0.3 is 5.32 Å². The smallest absolute Gasteiger partial charge is 0.323 e. The molecule has 1 saturated heterocycles. The average molecular weight is 355 g/mol. The second-order valence-electron chi connectivity index (χ2n) is 5.68. The van der Waals surface area contributed by atoms with Gasteiger partial charge in [0, 0.05) is 0 Å². The summed E-state index contributed by atoms with van der Waals surface area (Å²) in [5.74, 6) is -0.574. The third-order valence-corrected chi connectivity index (χ3v) is 5.20. The molecule has 21 heavy (non-hydrogen) atoms. The highest BCUT2D eigenvalue weighted by Gasteiger charge is 2.51. The number of carbonyl (C=O) groups is 2. The zero-order chi connectivity index (χ0) is 15.0. The molecule has 6 heteroatoms. The predicted octanol–water partition coefficient (Wildman–Crippen LogP) is 3.34. The zero-order valence-electron chi connectivity index (χ0n) is 11.5. The molecule has 1 spiro atoms. The molecule has 2 fully saturated rings. The van der Waals surface area contributed by atoms with Crippen LogP contribution in [0.25, 0.3) is 0 Å². The van der Waals surface area contributed by atoms with Gasteiger partial charge in [-0.1, -0.05) is 31.4 Å². The molecule has 4 nitrogen and oxygen atoms in total. The van der Waals surface area contributed by atoms with Gasteiger partial charge in [-0.05, 0) is 40.4 Å². The molecule has 0 unspecified atom stereocenters. The van der Waals surface area contributed by atoms with E-state index in [4.69, 9.17) is 0 Å². The van der Waals surface area contributed by atoms with Gasteiger partial charge in [-0.2, -0.15) is 0 Å². The highest BCUT2D eigenvalue weighted by atomic mass is 79.9. The maximum absolute atomic E-state index is 13.5. The quantitative estimate of drug-likeness (QED) is 0.828. The van der Waals surface area contributed by atoms with E-state index in [1.54, 1.807) is 12.1 Å². The summed E-state index contributed by atoms with van der Waals surface area (Å²) in [4.78, 5) is 26.0. The summed E-state index contributed by atoms with van der Waals surface area (Å²) in [6.45, 7) is 0.0881. The summed E-state index contributed by atoms with van der Waals surface area (Å²) in [5, 5.41) is 2.85. The first-order valence-electron chi connectivity index (χ1n) is 7.10. The van der Waals surface area contributed by atoms with Crippen LogP contribution in [0, 0.1) is 5.82 Å². The van der Waals surface area contributed by atoms with Crippen LogP contribution in [-0.2, 0) is 11.3 Å². The summed E-state index contributed by atoms with van der Waals surface area (Å²) in [6.07, 6.45) is 4.38. The third kappa shape index (κ3) is 2.46. The highest BCUT2D eigenvalue weighted by Crippen LogP contribution is 2.34. The van der Waals surface area contributed by atoms with Crippen molar-refractivity contribution in [2.45, 2.75) is 44.2 Å². The lowest BCUT2D eigenvalue weighted by Crippen LogP contribution is -2.48. The standard InChI is InChI=1S/C15H16BrFN2O2/c16-12-10(5-4-6-11(12)17)9-19-13(20)15(18-14(19)21)7-2-1-3-8-15/h4-6H,1-3,7-9H2,(H,18,21). The monoisotopic (exact) mass is 354 g/mol. The van der Waals surface area contributed by atoms with E-state index in [1.807, 2.05) is 0 Å². The van der Waals surface area contributed by atoms with Crippen molar-refractivity contribution in [3.63, 3.8) is 0 Å². The number of halogens is 2. The largest absolute Gasteiger partial charge is 0.325 e. The molecule has 3 amide bonds. The molecule has 3 rings (SSSR count). The zero-order valence-corrected chi connectivity index (χ0v) is 13.1. The first-order valence-corrected chi connectivity index (χ1v) is 7.90. The first-order chi connectivity index (χ1) is 10.0. The minimum absolute atomic E-state index is 0.0881. The van der Waals surface area contributed by atoms with Crippen LogP contribution in [-0.4, -0.2) is 22.4 Å². The van der Waals surface area contributed by atoms with Crippen molar-refractivity contribution in [3.05, 3.63) is 34.1 Å². The Kier molecular flexibility index (Phi) is 3.73. The maximum atomic E-state index is 13.5. The summed E-state index contributed by atoms with van der Waals surface area (Å²) in [6, 6.07) is 4.24. The van der Waals surface area contributed by atoms with Crippen molar-refractivity contribution in [3.8, 4) is 0 Å². The first kappa shape index (κ1) is 14.5. The number of carbonyl (C=O) groups excluding carboxylic acids is 2. The van der Waals surface area contributed by atoms with Crippen molar-refractivity contribution in [2.24, 2.45) is 0 Å². The molecule has 1 aromatic carbocycles. The Morgan fingerprint density at radius 2 is 1.95 bits per heavy atom. The number of nitrogens with one attached hydrogen (secondary N) is 1. The lowest BCUT2D eigenvalue weighted by atomic mass is 9.82. The lowest BCUT2D eigenvalue weighted by Gasteiger charge is -2.30. The number of hydrogen-bond acceptors (Lipinski definition) is 2. The molecule has 1 heterocycles. The van der Waals surface area contributed by atoms with Crippen LogP contribution in [0.5, 0.6) is 0 Å². The van der Waals surface area contributed by atoms with E-state index >= 15 is 0 Å². The van der Waals surface area contributed by atoms with Crippen LogP contribution in [0.1, 0.15) is 37.7 Å². The molecule has 1 N–H and O–H groups in total. The van der Waals surface area contributed by atoms with Gasteiger partial charge in [0.1, 0.15) is 11.4 Å². The topological polar surface area (TPSA) is 49.4 Å². The van der Waals surface area contributed by atoms with Crippen molar-refractivity contribution >= 4 is 27.9 Å². The number of urea groups is 1. The van der Waals surface area contributed by atoms with E-state index in [0.29, 0.717) is 22.9 Å². The fourth-order valence-electron chi connectivity index (χ4n) is 3.15. The van der Waals surface area contributed by atoms with Crippen LogP contribution < -0.4 is 5.32 Å². The van der Waals surface area contributed by atoms with Gasteiger partial charge in [-0.25, -0.2) is 9.18 Å². The van der Waals surface area contributed by atoms with E-state index in [0.717, 1.165) is 19.3 Å². The van der Waals surface area contributed by atoms with Gasteiger partial charge in [0.2, 0.25) is 0 Å². The van der Waals surface area contributed by atoms with Gasteiger partial charge in [0.05, 0.1) is 11.0 Å². The molecule has 1 saturated carbocycles. The Morgan fingerprint density at radius 3 is 2.67 bits per heavy atom. The molecule has 1 aliphatic heterocycles. The molecule has 0 aromatic heterocycles. The van der Waals surface area contributed by atoms with Crippen molar-refractivity contribution < 1.29 is 14.0 Å². The Bertz CT molecular complexity index is 599. The fraction of sp³-hybridized carbons (Fsp3) is 0.467. The van der Waals surface area contributed by atoms with Crippen LogP contribution in [0.4, 0.5) is 9.18 Å². The van der Waals surface area contributed by atoms with Crippen LogP contribution in [0.15, 0.2) is 22.7 Å². The molecule has 0 bridgehead atoms. The maximum Gasteiger partial charge on any atom is 0.325 e. The fourth-order valence-corrected chi connectivity index (χ4v) is 3.54. The Hall–Kier alpha value is -1.43. The molecular formula is C15H16BrFN2O2. The number of benzene rings is 1. The van der Waals surface area contributed by atoms with E-state index in [2.05, 4.69) is 21.2 Å². The molecule has 0 radical (unpaired) electrons. The van der Waals surface area contributed by atoms with E-state index in [9.17, 15) is 14.0 Å². The number of rotatable bonds is 2. The SMILES string of the molecule is O=C1NC2(CCCCC2)C(=O)N1Cc1cccc(F)c1Br. The Morgan fingerprint density at radius 1 is 1.24 bits per heavy atom. The highest BCUT2D eigenvalue weighted by molar-refractivity contribution is 9.10. The molecule has 112 valence electrons. The van der Waals surface area contributed by atoms with E-state index < -0.39 is 11.4 Å². The summed E-state index contributed by atoms with van der Waals surface area (Å²) < 4.78 is 13.8. The number of imide groups is 1. The van der Waals surface area contributed by atoms with Crippen LogP contribution in [0.3, 0.4) is 0 Å². The normalized spacial score (nSPS) is 21.0. The van der Waals surface area contributed by atoms with Crippen LogP contribution in [0.2, 0.25) is 0 Å². The number of hydrogen-bond donors (Lipinski definition) is 1. The van der Waals surface area contributed by atoms with E-state index in [1.165, 1.54) is 11.0 Å². The molecule has 2 aliphatic rings. The molecular weight excluding hydrogens is 339 g/mol. The second-order valence-corrected chi connectivity index (χ2v) is 6.47. The lowest BCUT2D eigenvalue weighted by molar-refractivity contribution is -0.132. The predicted molar refractivity (Wildman–Crippen MR) is 79.0 cm³/mol. The van der Waals surface area contributed by atoms with Gasteiger partial charge in [0.15, 0.2) is 0 Å². The van der Waals surface area contributed by atoms with Gasteiger partial charge in [0.25, 0.3) is 5.91 Å². The Labute approximate surface area is 130 Å². The average Bonchev–Trinajstić information content (AvgIpc) is 2.69. The van der Waals surface area contributed by atoms with Crippen molar-refractivity contribution in [1.82, 2.24) is 10.2 Å². The van der Waals surface area contributed by atoms with Crippen LogP contribution >= 0.6 is 15.9 Å². The number of nitrogens with zero attached hydrogens (tertiary/aromatic N) is 1. The summed E-state index contributed by atoms with van der Waals surface area (Å²) in [5.41, 5.74) is -0.138. The van der Waals surface area contributed by atoms with Gasteiger partial charge in [-0.3, -0.25) is 9.69 Å².